The molecule has 2 aliphatic carbocycles. The number of amidine groups is 1. The van der Waals surface area contributed by atoms with Crippen LogP contribution in [0, 0.1) is 17.5 Å². The van der Waals surface area contributed by atoms with Gasteiger partial charge in [-0.05, 0) is 125 Å². The molecule has 5 aliphatic rings. The Morgan fingerprint density at radius 3 is 2.48 bits per heavy atom. The van der Waals surface area contributed by atoms with E-state index < -0.39 is 40.8 Å². The number of amides is 1. The van der Waals surface area contributed by atoms with Gasteiger partial charge in [-0.2, -0.15) is 10.2 Å². The van der Waals surface area contributed by atoms with Crippen molar-refractivity contribution in [2.24, 2.45) is 12.0 Å². The number of nitrogens with one attached hydrogen (secondary N) is 1. The molecule has 0 spiro atoms. The summed E-state index contributed by atoms with van der Waals surface area (Å²) in [7, 11) is 1.71. The molecular formula is C48H47F3N10O5. The van der Waals surface area contributed by atoms with E-state index in [1.165, 1.54) is 33.7 Å². The number of hydroxylamine groups is 1. The van der Waals surface area contributed by atoms with Crippen LogP contribution in [0.1, 0.15) is 116 Å². The van der Waals surface area contributed by atoms with Gasteiger partial charge in [-0.3, -0.25) is 18.6 Å². The van der Waals surface area contributed by atoms with Gasteiger partial charge in [-0.1, -0.05) is 0 Å². The zero-order chi connectivity index (χ0) is 45.6. The number of aromatic nitrogens is 7. The lowest BCUT2D eigenvalue weighted by Gasteiger charge is -2.36. The molecule has 0 radical (unpaired) electrons. The summed E-state index contributed by atoms with van der Waals surface area (Å²) in [5.74, 6) is -1.07. The van der Waals surface area contributed by atoms with Gasteiger partial charge >= 0.3 is 5.69 Å². The van der Waals surface area contributed by atoms with Crippen molar-refractivity contribution in [2.75, 3.05) is 13.2 Å². The van der Waals surface area contributed by atoms with Gasteiger partial charge < -0.3 is 19.1 Å². The van der Waals surface area contributed by atoms with E-state index in [0.29, 0.717) is 89.6 Å². The maximum atomic E-state index is 17.1. The predicted molar refractivity (Wildman–Crippen MR) is 236 cm³/mol. The molecule has 3 atom stereocenters. The number of benzene rings is 2. The number of carbonyl (C=O) groups excluding carboxylic acids is 1. The topological polar surface area (TPSA) is 150 Å². The van der Waals surface area contributed by atoms with Gasteiger partial charge in [0.2, 0.25) is 0 Å². The van der Waals surface area contributed by atoms with E-state index in [0.717, 1.165) is 12.8 Å². The monoisotopic (exact) mass is 900 g/mol. The first-order valence-electron chi connectivity index (χ1n) is 22.5. The van der Waals surface area contributed by atoms with Crippen LogP contribution in [0.2, 0.25) is 0 Å². The van der Waals surface area contributed by atoms with E-state index >= 15 is 18.0 Å². The first-order valence-corrected chi connectivity index (χ1v) is 22.5. The van der Waals surface area contributed by atoms with Crippen LogP contribution in [0.25, 0.3) is 33.6 Å². The number of pyridine rings is 1. The van der Waals surface area contributed by atoms with Crippen molar-refractivity contribution in [3.8, 4) is 17.2 Å². The number of carbonyl (C=O) groups is 1. The molecule has 1 unspecified atom stereocenters. The first-order chi connectivity index (χ1) is 31.7. The number of hydrogen-bond donors (Lipinski definition) is 2. The van der Waals surface area contributed by atoms with Gasteiger partial charge in [-0.25, -0.2) is 38.0 Å². The molecule has 3 aliphatic heterocycles. The summed E-state index contributed by atoms with van der Waals surface area (Å²) in [6, 6.07) is 10.7. The van der Waals surface area contributed by atoms with Crippen molar-refractivity contribution in [2.45, 2.75) is 101 Å². The quantitative estimate of drug-likeness (QED) is 0.167. The molecule has 2 N–H and O–H groups in total. The van der Waals surface area contributed by atoms with Gasteiger partial charge in [0.05, 0.1) is 62.3 Å². The summed E-state index contributed by atoms with van der Waals surface area (Å²) in [5, 5.41) is 19.8. The van der Waals surface area contributed by atoms with Crippen LogP contribution in [0.3, 0.4) is 0 Å². The third-order valence-corrected chi connectivity index (χ3v) is 14.5. The minimum absolute atomic E-state index is 0.0272. The highest BCUT2D eigenvalue weighted by Gasteiger charge is 2.55. The Morgan fingerprint density at radius 2 is 1.74 bits per heavy atom. The number of hydrogen-bond acceptors (Lipinski definition) is 9. The number of rotatable bonds is 8. The van der Waals surface area contributed by atoms with Crippen LogP contribution in [0.5, 0.6) is 0 Å². The number of aliphatic hydroxyl groups excluding tert-OH is 1. The van der Waals surface area contributed by atoms with E-state index in [-0.39, 0.29) is 52.3 Å². The molecule has 66 heavy (non-hydrogen) atoms. The average Bonchev–Trinajstić information content (AvgIpc) is 4.03. The predicted octanol–water partition coefficient (Wildman–Crippen LogP) is 6.92. The Kier molecular flexibility index (Phi) is 9.00. The second-order valence-corrected chi connectivity index (χ2v) is 19.1. The minimum atomic E-state index is -1.44. The maximum absolute atomic E-state index is 17.1. The molecule has 15 nitrogen and oxygen atoms in total. The molecule has 3 fully saturated rings. The van der Waals surface area contributed by atoms with Crippen molar-refractivity contribution in [1.82, 2.24) is 43.5 Å². The molecule has 12 rings (SSSR count). The smallest absolute Gasteiger partial charge is 0.338 e. The zero-order valence-electron chi connectivity index (χ0n) is 36.8. The number of ether oxygens (including phenoxy) is 1. The van der Waals surface area contributed by atoms with Crippen molar-refractivity contribution < 1.29 is 32.6 Å². The summed E-state index contributed by atoms with van der Waals surface area (Å²) in [6.07, 6.45) is 9.25. The van der Waals surface area contributed by atoms with Gasteiger partial charge in [0.1, 0.15) is 17.5 Å². The van der Waals surface area contributed by atoms with Crippen LogP contribution in [0.15, 0.2) is 77.0 Å². The van der Waals surface area contributed by atoms with Gasteiger partial charge in [0.15, 0.2) is 11.6 Å². The number of aryl methyl sites for hydroxylation is 1. The van der Waals surface area contributed by atoms with Crippen molar-refractivity contribution in [3.05, 3.63) is 129 Å². The van der Waals surface area contributed by atoms with E-state index in [1.807, 2.05) is 27.0 Å². The average molecular weight is 901 g/mol. The molecular weight excluding hydrogens is 854 g/mol. The van der Waals surface area contributed by atoms with Crippen molar-refractivity contribution >= 4 is 28.2 Å². The van der Waals surface area contributed by atoms with Crippen LogP contribution < -0.4 is 11.2 Å². The zero-order valence-corrected chi connectivity index (χ0v) is 36.8. The Balaban J connectivity index is 0.999. The molecule has 5 aromatic heterocycles. The standard InChI is InChI=1S/C48H47F3N10O5/c1-25-38-34(54-61(28-7-8-33(49)30(21-28)26-5-6-26)42(38)60-19-18-59(46(60)64)36-10-9-35-32(40(36)51)24-52-56(35)4)12-17-57(25)43(62)31-22-37-39(50)29(27-13-20-65-47(2,3)23-27)11-16-58(37)41(31)48(14-15-48)44-53-45(63)66-55-44/h7-11,16,18-19,21-22,24-27,45,63H,5-6,12-15,17,20,23H2,1-4H3,(H,53,55)/t25-,27-,45?/m0/s1. The number of aliphatic hydroxyl groups is 1. The third kappa shape index (κ3) is 6.17. The van der Waals surface area contributed by atoms with Crippen molar-refractivity contribution in [3.63, 3.8) is 0 Å². The Labute approximate surface area is 375 Å². The van der Waals surface area contributed by atoms with Crippen LogP contribution in [-0.4, -0.2) is 80.0 Å². The third-order valence-electron chi connectivity index (χ3n) is 14.5. The Morgan fingerprint density at radius 1 is 0.939 bits per heavy atom. The number of imidazole rings is 1. The largest absolute Gasteiger partial charge is 0.376 e. The fraction of sp³-hybridized carbons (Fsp3) is 0.396. The molecule has 18 heteroatoms. The SMILES string of the molecule is C[C@H]1c2c(nn(-c3ccc(F)c(C4CC4)c3)c2-n2ccn(-c3ccc4c(cnn4C)c3F)c2=O)CCN1C(=O)c1cc2c(F)c([C@H]3CCOC(C)(C)C3)ccn2c1C1(C2=NC(O)ON2)CC1. The van der Waals surface area contributed by atoms with E-state index in [2.05, 4.69) is 15.6 Å². The first kappa shape index (κ1) is 41.0. The maximum Gasteiger partial charge on any atom is 0.338 e. The van der Waals surface area contributed by atoms with Crippen LogP contribution in [-0.2, 0) is 28.5 Å². The molecule has 1 saturated heterocycles. The molecule has 0 bridgehead atoms. The summed E-state index contributed by atoms with van der Waals surface area (Å²) >= 11 is 0. The van der Waals surface area contributed by atoms with Gasteiger partial charge in [0, 0.05) is 56.5 Å². The number of fused-ring (bicyclic) bond motifs is 3. The number of aliphatic imine (C=N–C) groups is 1. The van der Waals surface area contributed by atoms with Crippen LogP contribution in [0.4, 0.5) is 13.2 Å². The van der Waals surface area contributed by atoms with Crippen molar-refractivity contribution in [1.29, 1.82) is 0 Å². The highest BCUT2D eigenvalue weighted by Crippen LogP contribution is 2.53. The Bertz CT molecular complexity index is 3280. The molecule has 7 aromatic rings. The van der Waals surface area contributed by atoms with E-state index in [1.54, 1.807) is 62.2 Å². The molecule has 2 aromatic carbocycles. The summed E-state index contributed by atoms with van der Waals surface area (Å²) in [5.41, 5.74) is 5.35. The second kappa shape index (κ2) is 14.5. The lowest BCUT2D eigenvalue weighted by Crippen LogP contribution is -2.41. The lowest BCUT2D eigenvalue weighted by atomic mass is 9.83. The molecule has 8 heterocycles. The number of halogens is 3. The van der Waals surface area contributed by atoms with Gasteiger partial charge in [0.25, 0.3) is 12.3 Å². The normalized spacial score (nSPS) is 22.2. The van der Waals surface area contributed by atoms with E-state index in [4.69, 9.17) is 14.7 Å². The van der Waals surface area contributed by atoms with Gasteiger partial charge in [-0.15, -0.1) is 0 Å². The second-order valence-electron chi connectivity index (χ2n) is 19.1. The highest BCUT2D eigenvalue weighted by atomic mass is 19.1. The lowest BCUT2D eigenvalue weighted by molar-refractivity contribution is -0.102. The summed E-state index contributed by atoms with van der Waals surface area (Å²) in [4.78, 5) is 41.4. The summed E-state index contributed by atoms with van der Waals surface area (Å²) < 4.78 is 62.0. The fourth-order valence-electron chi connectivity index (χ4n) is 10.9. The minimum Gasteiger partial charge on any atom is -0.376 e. The highest BCUT2D eigenvalue weighted by molar-refractivity contribution is 6.03. The number of nitrogens with zero attached hydrogens (tertiary/aromatic N) is 9. The summed E-state index contributed by atoms with van der Waals surface area (Å²) in [6.45, 7) is 6.61. The Hall–Kier alpha value is -6.50. The van der Waals surface area contributed by atoms with Crippen LogP contribution >= 0.6 is 0 Å². The molecule has 1 amide bonds. The van der Waals surface area contributed by atoms with E-state index in [9.17, 15) is 9.90 Å². The molecule has 340 valence electrons. The fourth-order valence-corrected chi connectivity index (χ4v) is 10.9. The molecule has 2 saturated carbocycles.